The molecule has 0 saturated heterocycles. The number of nitrogens with zero attached hydrogens (tertiary/aromatic N) is 1. The van der Waals surface area contributed by atoms with Gasteiger partial charge in [0, 0.05) is 18.7 Å². The van der Waals surface area contributed by atoms with Gasteiger partial charge >= 0.3 is 0 Å². The maximum atomic E-state index is 10.6. The van der Waals surface area contributed by atoms with Crippen LogP contribution in [0.1, 0.15) is 19.4 Å². The van der Waals surface area contributed by atoms with Crippen LogP contribution in [0.5, 0.6) is 0 Å². The summed E-state index contributed by atoms with van der Waals surface area (Å²) in [5, 5.41) is 13.7. The minimum Gasteiger partial charge on any atom is -0.298 e. The van der Waals surface area contributed by atoms with Gasteiger partial charge < -0.3 is 0 Å². The molecule has 0 unspecified atom stereocenters. The summed E-state index contributed by atoms with van der Waals surface area (Å²) in [5.41, 5.74) is 0.528. The molecule has 0 saturated carbocycles. The molecule has 0 bridgehead atoms. The van der Waals surface area contributed by atoms with Gasteiger partial charge in [0.1, 0.15) is 0 Å². The molecular weight excluding hydrogens is 204 g/mol. The summed E-state index contributed by atoms with van der Waals surface area (Å²) in [6, 6.07) is 6.50. The Morgan fingerprint density at radius 3 is 2.81 bits per heavy atom. The van der Waals surface area contributed by atoms with Crippen LogP contribution in [0.4, 0.5) is 5.69 Å². The van der Waals surface area contributed by atoms with Crippen molar-refractivity contribution in [3.05, 3.63) is 39.9 Å². The molecule has 1 N–H and O–H groups in total. The second kappa shape index (κ2) is 4.77. The molecule has 4 heteroatoms. The lowest BCUT2D eigenvalue weighted by Crippen LogP contribution is -2.36. The molecule has 84 valence electrons. The number of non-ortho nitro benzene ring substituents is 1. The third-order valence-electron chi connectivity index (χ3n) is 2.22. The number of hydrogen-bond donors (Lipinski definition) is 1. The predicted molar refractivity (Wildman–Crippen MR) is 62.8 cm³/mol. The van der Waals surface area contributed by atoms with E-state index in [0.29, 0.717) is 6.54 Å². The SMILES string of the molecule is C#CC(C)(C)NCc1cccc([N+](=O)[O-])c1. The van der Waals surface area contributed by atoms with E-state index in [1.807, 2.05) is 19.9 Å². The minimum absolute atomic E-state index is 0.0952. The van der Waals surface area contributed by atoms with E-state index >= 15 is 0 Å². The van der Waals surface area contributed by atoms with Crippen molar-refractivity contribution >= 4 is 5.69 Å². The lowest BCUT2D eigenvalue weighted by Gasteiger charge is -2.19. The number of terminal acetylenes is 1. The Kier molecular flexibility index (Phi) is 3.64. The largest absolute Gasteiger partial charge is 0.298 e. The topological polar surface area (TPSA) is 55.2 Å². The smallest absolute Gasteiger partial charge is 0.269 e. The number of hydrogen-bond acceptors (Lipinski definition) is 3. The summed E-state index contributed by atoms with van der Waals surface area (Å²) in [6.45, 7) is 4.27. The van der Waals surface area contributed by atoms with Gasteiger partial charge in [-0.2, -0.15) is 0 Å². The van der Waals surface area contributed by atoms with Crippen molar-refractivity contribution in [2.24, 2.45) is 0 Å². The predicted octanol–water partition coefficient (Wildman–Crippen LogP) is 2.10. The highest BCUT2D eigenvalue weighted by Gasteiger charge is 2.13. The first-order chi connectivity index (χ1) is 7.44. The lowest BCUT2D eigenvalue weighted by molar-refractivity contribution is -0.384. The van der Waals surface area contributed by atoms with Crippen LogP contribution in [0.25, 0.3) is 0 Å². The van der Waals surface area contributed by atoms with Crippen LogP contribution in [-0.4, -0.2) is 10.5 Å². The fourth-order valence-corrected chi connectivity index (χ4v) is 1.15. The Labute approximate surface area is 94.8 Å². The maximum Gasteiger partial charge on any atom is 0.269 e. The van der Waals surface area contributed by atoms with Crippen molar-refractivity contribution in [2.45, 2.75) is 25.9 Å². The zero-order valence-electron chi connectivity index (χ0n) is 9.36. The minimum atomic E-state index is -0.412. The lowest BCUT2D eigenvalue weighted by atomic mass is 10.1. The van der Waals surface area contributed by atoms with Crippen molar-refractivity contribution in [2.75, 3.05) is 0 Å². The first kappa shape index (κ1) is 12.2. The van der Waals surface area contributed by atoms with Crippen LogP contribution in [0.15, 0.2) is 24.3 Å². The summed E-state index contributed by atoms with van der Waals surface area (Å²) >= 11 is 0. The number of rotatable bonds is 4. The fraction of sp³-hybridized carbons (Fsp3) is 0.333. The van der Waals surface area contributed by atoms with E-state index in [4.69, 9.17) is 6.42 Å². The molecule has 0 radical (unpaired) electrons. The third-order valence-corrected chi connectivity index (χ3v) is 2.22. The van der Waals surface area contributed by atoms with Gasteiger partial charge in [-0.05, 0) is 19.4 Å². The molecule has 0 aliphatic rings. The van der Waals surface area contributed by atoms with Gasteiger partial charge in [-0.3, -0.25) is 15.4 Å². The van der Waals surface area contributed by atoms with E-state index in [2.05, 4.69) is 11.2 Å². The molecule has 1 rings (SSSR count). The maximum absolute atomic E-state index is 10.6. The van der Waals surface area contributed by atoms with Gasteiger partial charge in [0.25, 0.3) is 5.69 Å². The zero-order chi connectivity index (χ0) is 12.2. The van der Waals surface area contributed by atoms with Gasteiger partial charge in [-0.1, -0.05) is 18.1 Å². The normalized spacial score (nSPS) is 10.8. The molecule has 0 atom stereocenters. The number of nitrogens with one attached hydrogen (secondary N) is 1. The van der Waals surface area contributed by atoms with E-state index in [9.17, 15) is 10.1 Å². The number of benzene rings is 1. The van der Waals surface area contributed by atoms with Crippen molar-refractivity contribution in [1.82, 2.24) is 5.32 Å². The molecule has 0 heterocycles. The summed E-state index contributed by atoms with van der Waals surface area (Å²) < 4.78 is 0. The summed E-state index contributed by atoms with van der Waals surface area (Å²) in [4.78, 5) is 10.2. The van der Waals surface area contributed by atoms with E-state index in [1.165, 1.54) is 6.07 Å². The molecule has 0 aliphatic heterocycles. The molecule has 1 aromatic rings. The molecule has 0 aliphatic carbocycles. The van der Waals surface area contributed by atoms with Gasteiger partial charge in [-0.15, -0.1) is 6.42 Å². The van der Waals surface area contributed by atoms with E-state index in [1.54, 1.807) is 12.1 Å². The number of nitro groups is 1. The van der Waals surface area contributed by atoms with Crippen LogP contribution in [-0.2, 0) is 6.54 Å². The molecule has 4 nitrogen and oxygen atoms in total. The van der Waals surface area contributed by atoms with Crippen LogP contribution in [0, 0.1) is 22.5 Å². The number of nitro benzene ring substituents is 1. The summed E-state index contributed by atoms with van der Waals surface area (Å²) in [5.74, 6) is 2.60. The Morgan fingerprint density at radius 1 is 1.56 bits per heavy atom. The van der Waals surface area contributed by atoms with E-state index in [-0.39, 0.29) is 5.69 Å². The van der Waals surface area contributed by atoms with Crippen molar-refractivity contribution in [1.29, 1.82) is 0 Å². The molecule has 0 amide bonds. The zero-order valence-corrected chi connectivity index (χ0v) is 9.36. The standard InChI is InChI=1S/C12H14N2O2/c1-4-12(2,3)13-9-10-6-5-7-11(8-10)14(15)16/h1,5-8,13H,9H2,2-3H3. The van der Waals surface area contributed by atoms with Crippen molar-refractivity contribution < 1.29 is 4.92 Å². The third kappa shape index (κ3) is 3.37. The van der Waals surface area contributed by atoms with E-state index in [0.717, 1.165) is 5.56 Å². The average molecular weight is 218 g/mol. The quantitative estimate of drug-likeness (QED) is 0.478. The van der Waals surface area contributed by atoms with Crippen LogP contribution in [0.2, 0.25) is 0 Å². The Morgan fingerprint density at radius 2 is 2.25 bits per heavy atom. The van der Waals surface area contributed by atoms with Gasteiger partial charge in [-0.25, -0.2) is 0 Å². The highest BCUT2D eigenvalue weighted by Crippen LogP contribution is 2.13. The first-order valence-corrected chi connectivity index (χ1v) is 4.91. The molecule has 0 spiro atoms. The first-order valence-electron chi connectivity index (χ1n) is 4.91. The highest BCUT2D eigenvalue weighted by molar-refractivity contribution is 5.34. The molecule has 1 aromatic carbocycles. The van der Waals surface area contributed by atoms with Crippen LogP contribution in [0.3, 0.4) is 0 Å². The highest BCUT2D eigenvalue weighted by atomic mass is 16.6. The fourth-order valence-electron chi connectivity index (χ4n) is 1.15. The molecular formula is C12H14N2O2. The molecule has 16 heavy (non-hydrogen) atoms. The Bertz CT molecular complexity index is 433. The van der Waals surface area contributed by atoms with Gasteiger partial charge in [0.05, 0.1) is 10.5 Å². The van der Waals surface area contributed by atoms with E-state index < -0.39 is 10.5 Å². The monoisotopic (exact) mass is 218 g/mol. The molecule has 0 aromatic heterocycles. The summed E-state index contributed by atoms with van der Waals surface area (Å²) in [6.07, 6.45) is 5.33. The van der Waals surface area contributed by atoms with Crippen molar-refractivity contribution in [3.63, 3.8) is 0 Å². The molecule has 0 fully saturated rings. The van der Waals surface area contributed by atoms with Gasteiger partial charge in [0.15, 0.2) is 0 Å². The second-order valence-corrected chi connectivity index (χ2v) is 4.05. The Hall–Kier alpha value is -1.86. The summed E-state index contributed by atoms with van der Waals surface area (Å²) in [7, 11) is 0. The van der Waals surface area contributed by atoms with Crippen LogP contribution < -0.4 is 5.32 Å². The average Bonchev–Trinajstić information content (AvgIpc) is 2.27. The van der Waals surface area contributed by atoms with Crippen molar-refractivity contribution in [3.8, 4) is 12.3 Å². The van der Waals surface area contributed by atoms with Crippen LogP contribution >= 0.6 is 0 Å². The Balaban J connectivity index is 2.72. The van der Waals surface area contributed by atoms with Gasteiger partial charge in [0.2, 0.25) is 0 Å². The second-order valence-electron chi connectivity index (χ2n) is 4.05.